The molecule has 0 saturated heterocycles. The SMILES string of the molecule is CC(C)(CN)COc1ccc(-c2ccccn2)cc1. The lowest BCUT2D eigenvalue weighted by atomic mass is 9.95. The molecule has 0 amide bonds. The molecule has 1 aromatic carbocycles. The van der Waals surface area contributed by atoms with Crippen molar-refractivity contribution in [1.82, 2.24) is 4.98 Å². The van der Waals surface area contributed by atoms with Gasteiger partial charge < -0.3 is 10.5 Å². The fourth-order valence-corrected chi connectivity index (χ4v) is 1.59. The third-order valence-corrected chi connectivity index (χ3v) is 3.00. The average Bonchev–Trinajstić information content (AvgIpc) is 2.47. The van der Waals surface area contributed by atoms with Crippen molar-refractivity contribution in [2.24, 2.45) is 11.1 Å². The molecule has 1 heterocycles. The number of hydrogen-bond donors (Lipinski definition) is 1. The van der Waals surface area contributed by atoms with Gasteiger partial charge in [0.15, 0.2) is 0 Å². The summed E-state index contributed by atoms with van der Waals surface area (Å²) in [6.45, 7) is 5.41. The fraction of sp³-hybridized carbons (Fsp3) is 0.312. The van der Waals surface area contributed by atoms with E-state index in [0.717, 1.165) is 17.0 Å². The average molecular weight is 256 g/mol. The van der Waals surface area contributed by atoms with Crippen LogP contribution >= 0.6 is 0 Å². The van der Waals surface area contributed by atoms with Crippen LogP contribution in [0.25, 0.3) is 11.3 Å². The number of pyridine rings is 1. The molecule has 0 atom stereocenters. The molecule has 0 aliphatic carbocycles. The van der Waals surface area contributed by atoms with Crippen molar-refractivity contribution >= 4 is 0 Å². The van der Waals surface area contributed by atoms with Crippen LogP contribution in [-0.2, 0) is 0 Å². The third kappa shape index (κ3) is 3.80. The number of rotatable bonds is 5. The number of benzene rings is 1. The summed E-state index contributed by atoms with van der Waals surface area (Å²) in [5.74, 6) is 0.862. The summed E-state index contributed by atoms with van der Waals surface area (Å²) in [5.41, 5.74) is 7.74. The van der Waals surface area contributed by atoms with Crippen LogP contribution in [0.2, 0.25) is 0 Å². The highest BCUT2D eigenvalue weighted by Crippen LogP contribution is 2.22. The molecule has 0 aliphatic rings. The minimum atomic E-state index is -0.000340. The van der Waals surface area contributed by atoms with Crippen LogP contribution in [0.5, 0.6) is 5.75 Å². The minimum absolute atomic E-state index is 0.000340. The predicted octanol–water partition coefficient (Wildman–Crippen LogP) is 3.11. The predicted molar refractivity (Wildman–Crippen MR) is 78.0 cm³/mol. The molecule has 1 aromatic heterocycles. The first-order chi connectivity index (χ1) is 9.11. The zero-order valence-electron chi connectivity index (χ0n) is 11.5. The molecule has 3 heteroatoms. The van der Waals surface area contributed by atoms with E-state index in [1.165, 1.54) is 0 Å². The second kappa shape index (κ2) is 5.85. The molecule has 0 fully saturated rings. The molecule has 0 saturated carbocycles. The summed E-state index contributed by atoms with van der Waals surface area (Å²) in [7, 11) is 0. The number of hydrogen-bond acceptors (Lipinski definition) is 3. The second-order valence-corrected chi connectivity index (χ2v) is 5.40. The van der Waals surface area contributed by atoms with Crippen LogP contribution < -0.4 is 10.5 Å². The lowest BCUT2D eigenvalue weighted by Gasteiger charge is -2.22. The topological polar surface area (TPSA) is 48.1 Å². The number of ether oxygens (including phenoxy) is 1. The van der Waals surface area contributed by atoms with Gasteiger partial charge in [-0.25, -0.2) is 0 Å². The summed E-state index contributed by atoms with van der Waals surface area (Å²) in [6.07, 6.45) is 1.80. The quantitative estimate of drug-likeness (QED) is 0.894. The van der Waals surface area contributed by atoms with Crippen LogP contribution in [0.4, 0.5) is 0 Å². The van der Waals surface area contributed by atoms with Crippen molar-refractivity contribution in [1.29, 1.82) is 0 Å². The van der Waals surface area contributed by atoms with Gasteiger partial charge in [0, 0.05) is 23.7 Å². The van der Waals surface area contributed by atoms with Gasteiger partial charge in [0.2, 0.25) is 0 Å². The Labute approximate surface area is 114 Å². The van der Waals surface area contributed by atoms with Gasteiger partial charge in [-0.2, -0.15) is 0 Å². The maximum absolute atomic E-state index is 5.75. The lowest BCUT2D eigenvalue weighted by molar-refractivity contribution is 0.187. The number of nitrogens with two attached hydrogens (primary N) is 1. The molecule has 0 unspecified atom stereocenters. The molecule has 0 aliphatic heterocycles. The third-order valence-electron chi connectivity index (χ3n) is 3.00. The molecule has 19 heavy (non-hydrogen) atoms. The Bertz CT molecular complexity index is 506. The summed E-state index contributed by atoms with van der Waals surface area (Å²) < 4.78 is 5.75. The molecule has 0 spiro atoms. The lowest BCUT2D eigenvalue weighted by Crippen LogP contribution is -2.30. The van der Waals surface area contributed by atoms with E-state index in [1.54, 1.807) is 6.20 Å². The van der Waals surface area contributed by atoms with Gasteiger partial charge in [-0.15, -0.1) is 0 Å². The Balaban J connectivity index is 2.03. The smallest absolute Gasteiger partial charge is 0.119 e. The Morgan fingerprint density at radius 3 is 2.42 bits per heavy atom. The van der Waals surface area contributed by atoms with E-state index >= 15 is 0 Å². The monoisotopic (exact) mass is 256 g/mol. The molecule has 0 bridgehead atoms. The van der Waals surface area contributed by atoms with Crippen LogP contribution in [0, 0.1) is 5.41 Å². The largest absolute Gasteiger partial charge is 0.493 e. The van der Waals surface area contributed by atoms with Crippen molar-refractivity contribution in [3.05, 3.63) is 48.7 Å². The second-order valence-electron chi connectivity index (χ2n) is 5.40. The molecule has 100 valence electrons. The van der Waals surface area contributed by atoms with Crippen LogP contribution in [0.1, 0.15) is 13.8 Å². The van der Waals surface area contributed by atoms with Gasteiger partial charge in [0.05, 0.1) is 12.3 Å². The highest BCUT2D eigenvalue weighted by molar-refractivity contribution is 5.59. The first-order valence-corrected chi connectivity index (χ1v) is 6.45. The minimum Gasteiger partial charge on any atom is -0.493 e. The van der Waals surface area contributed by atoms with Crippen LogP contribution in [0.15, 0.2) is 48.7 Å². The van der Waals surface area contributed by atoms with Crippen molar-refractivity contribution in [2.45, 2.75) is 13.8 Å². The van der Waals surface area contributed by atoms with E-state index in [2.05, 4.69) is 18.8 Å². The molecular weight excluding hydrogens is 236 g/mol. The van der Waals surface area contributed by atoms with E-state index < -0.39 is 0 Å². The highest BCUT2D eigenvalue weighted by Gasteiger charge is 2.16. The molecule has 2 aromatic rings. The Kier molecular flexibility index (Phi) is 4.17. The van der Waals surface area contributed by atoms with E-state index in [0.29, 0.717) is 13.2 Å². The zero-order chi connectivity index (χ0) is 13.7. The van der Waals surface area contributed by atoms with E-state index in [-0.39, 0.29) is 5.41 Å². The first-order valence-electron chi connectivity index (χ1n) is 6.45. The fourth-order valence-electron chi connectivity index (χ4n) is 1.59. The summed E-state index contributed by atoms with van der Waals surface area (Å²) >= 11 is 0. The van der Waals surface area contributed by atoms with Gasteiger partial charge in [0.25, 0.3) is 0 Å². The van der Waals surface area contributed by atoms with Gasteiger partial charge in [-0.3, -0.25) is 4.98 Å². The Hall–Kier alpha value is -1.87. The summed E-state index contributed by atoms with van der Waals surface area (Å²) in [4.78, 5) is 4.32. The van der Waals surface area contributed by atoms with Crippen LogP contribution in [0.3, 0.4) is 0 Å². The normalized spacial score (nSPS) is 11.3. The van der Waals surface area contributed by atoms with Crippen molar-refractivity contribution in [2.75, 3.05) is 13.2 Å². The van der Waals surface area contributed by atoms with E-state index in [1.807, 2.05) is 42.5 Å². The maximum atomic E-state index is 5.75. The highest BCUT2D eigenvalue weighted by atomic mass is 16.5. The molecular formula is C16H20N2O. The van der Waals surface area contributed by atoms with Gasteiger partial charge >= 0.3 is 0 Å². The molecule has 3 nitrogen and oxygen atoms in total. The summed E-state index contributed by atoms with van der Waals surface area (Å²) in [6, 6.07) is 13.9. The Morgan fingerprint density at radius 2 is 1.84 bits per heavy atom. The van der Waals surface area contributed by atoms with Gasteiger partial charge in [-0.1, -0.05) is 19.9 Å². The van der Waals surface area contributed by atoms with Crippen molar-refractivity contribution < 1.29 is 4.74 Å². The van der Waals surface area contributed by atoms with Crippen molar-refractivity contribution in [3.63, 3.8) is 0 Å². The van der Waals surface area contributed by atoms with Crippen LogP contribution in [-0.4, -0.2) is 18.1 Å². The van der Waals surface area contributed by atoms with E-state index in [9.17, 15) is 0 Å². The molecule has 0 radical (unpaired) electrons. The summed E-state index contributed by atoms with van der Waals surface area (Å²) in [5, 5.41) is 0. The zero-order valence-corrected chi connectivity index (χ0v) is 11.5. The number of aromatic nitrogens is 1. The Morgan fingerprint density at radius 1 is 1.11 bits per heavy atom. The molecule has 2 N–H and O–H groups in total. The number of nitrogens with zero attached hydrogens (tertiary/aromatic N) is 1. The van der Waals surface area contributed by atoms with Gasteiger partial charge in [-0.05, 0) is 36.4 Å². The van der Waals surface area contributed by atoms with Gasteiger partial charge in [0.1, 0.15) is 5.75 Å². The van der Waals surface area contributed by atoms with Crippen molar-refractivity contribution in [3.8, 4) is 17.0 Å². The van der Waals surface area contributed by atoms with E-state index in [4.69, 9.17) is 10.5 Å². The first kappa shape index (κ1) is 13.6. The maximum Gasteiger partial charge on any atom is 0.119 e. The standard InChI is InChI=1S/C16H20N2O/c1-16(2,11-17)12-19-14-8-6-13(7-9-14)15-5-3-4-10-18-15/h3-10H,11-12,17H2,1-2H3. The molecule has 2 rings (SSSR count).